The van der Waals surface area contributed by atoms with Gasteiger partial charge in [-0.15, -0.1) is 0 Å². The summed E-state index contributed by atoms with van der Waals surface area (Å²) in [5, 5.41) is 31.9. The van der Waals surface area contributed by atoms with Crippen molar-refractivity contribution in [3.63, 3.8) is 0 Å². The number of cyclic esters (lactones) is 1. The summed E-state index contributed by atoms with van der Waals surface area (Å²) in [7, 11) is 0. The van der Waals surface area contributed by atoms with Crippen LogP contribution in [0.3, 0.4) is 0 Å². The zero-order valence-corrected chi connectivity index (χ0v) is 20.8. The van der Waals surface area contributed by atoms with Gasteiger partial charge >= 0.3 is 5.97 Å². The number of allylic oxidation sites excluding steroid dienone is 2. The zero-order valence-electron chi connectivity index (χ0n) is 20.0. The molecule has 1 aromatic rings. The summed E-state index contributed by atoms with van der Waals surface area (Å²) < 4.78 is 11.2. The summed E-state index contributed by atoms with van der Waals surface area (Å²) >= 11 is 6.17. The Bertz CT molecular complexity index is 1070. The van der Waals surface area contributed by atoms with Gasteiger partial charge in [-0.25, -0.2) is 4.79 Å². The second-order valence-corrected chi connectivity index (χ2v) is 10.9. The number of benzene rings is 1. The Kier molecular flexibility index (Phi) is 7.01. The van der Waals surface area contributed by atoms with E-state index >= 15 is 0 Å². The van der Waals surface area contributed by atoms with Crippen LogP contribution in [0.4, 0.5) is 5.69 Å². The smallest absolute Gasteiger partial charge is 0.337 e. The standard InChI is InChI=1S/C26H32ClNO7/c1-15-4-9-22-25(2,11-10-23(30)26(22,3)14-29)18(15)7-6-17-21(13-34-24(17)31)35-20-8-5-16(28(32)33)12-19(20)27/h5-6,8,12,18,21-23,29-30H,1,4,7,9-11,13-14H2,2-3H3/b17-6+/t18?,21-,22+,23?,25+,26+/m1/s1. The summed E-state index contributed by atoms with van der Waals surface area (Å²) in [5.74, 6) is -0.0285. The predicted octanol–water partition coefficient (Wildman–Crippen LogP) is 4.61. The van der Waals surface area contributed by atoms with Gasteiger partial charge in [-0.05, 0) is 55.4 Å². The van der Waals surface area contributed by atoms with E-state index in [4.69, 9.17) is 21.1 Å². The van der Waals surface area contributed by atoms with Crippen LogP contribution in [0.25, 0.3) is 0 Å². The molecule has 2 saturated carbocycles. The van der Waals surface area contributed by atoms with Crippen molar-refractivity contribution in [1.82, 2.24) is 0 Å². The van der Waals surface area contributed by atoms with E-state index in [1.807, 2.05) is 13.0 Å². The lowest BCUT2D eigenvalue weighted by molar-refractivity contribution is -0.384. The Hall–Kier alpha value is -2.42. The highest BCUT2D eigenvalue weighted by atomic mass is 35.5. The Morgan fingerprint density at radius 1 is 1.37 bits per heavy atom. The Labute approximate surface area is 209 Å². The van der Waals surface area contributed by atoms with Crippen molar-refractivity contribution in [3.05, 3.63) is 57.1 Å². The molecule has 3 aliphatic rings. The molecule has 0 radical (unpaired) electrons. The molecule has 3 fully saturated rings. The molecule has 8 nitrogen and oxygen atoms in total. The highest BCUT2D eigenvalue weighted by Gasteiger charge is 2.57. The lowest BCUT2D eigenvalue weighted by Gasteiger charge is -2.59. The Morgan fingerprint density at radius 3 is 2.77 bits per heavy atom. The number of rotatable bonds is 6. The largest absolute Gasteiger partial charge is 0.480 e. The minimum absolute atomic E-state index is 0.0261. The number of halogens is 1. The average molecular weight is 506 g/mol. The highest BCUT2D eigenvalue weighted by Crippen LogP contribution is 2.61. The van der Waals surface area contributed by atoms with E-state index in [0.717, 1.165) is 24.8 Å². The molecule has 0 spiro atoms. The topological polar surface area (TPSA) is 119 Å². The van der Waals surface area contributed by atoms with Crippen LogP contribution in [-0.4, -0.2) is 46.5 Å². The molecule has 2 aliphatic carbocycles. The minimum atomic E-state index is -0.683. The molecule has 0 aromatic heterocycles. The first kappa shape index (κ1) is 25.7. The first-order chi connectivity index (χ1) is 16.5. The summed E-state index contributed by atoms with van der Waals surface area (Å²) in [6, 6.07) is 3.92. The molecule has 2 unspecified atom stereocenters. The summed E-state index contributed by atoms with van der Waals surface area (Å²) in [6.45, 7) is 8.46. The van der Waals surface area contributed by atoms with Crippen molar-refractivity contribution in [2.24, 2.45) is 22.7 Å². The number of hydrogen-bond acceptors (Lipinski definition) is 7. The SMILES string of the molecule is C=C1CC[C@H]2[C@@](C)(CCC(O)[C@@]2(C)CO)C1C/C=C1/C(=O)OC[C@H]1Oc1ccc([N+](=O)[O-])cc1Cl. The maximum absolute atomic E-state index is 12.5. The van der Waals surface area contributed by atoms with Gasteiger partial charge in [0.1, 0.15) is 12.4 Å². The normalized spacial score (nSPS) is 36.1. The number of nitro benzene ring substituents is 1. The monoisotopic (exact) mass is 505 g/mol. The van der Waals surface area contributed by atoms with Crippen LogP contribution < -0.4 is 4.74 Å². The zero-order chi connectivity index (χ0) is 25.5. The quantitative estimate of drug-likeness (QED) is 0.190. The number of hydrogen-bond donors (Lipinski definition) is 2. The maximum Gasteiger partial charge on any atom is 0.337 e. The van der Waals surface area contributed by atoms with E-state index in [2.05, 4.69) is 13.5 Å². The molecule has 190 valence electrons. The van der Waals surface area contributed by atoms with E-state index in [1.54, 1.807) is 0 Å². The van der Waals surface area contributed by atoms with Crippen LogP contribution in [0.2, 0.25) is 5.02 Å². The maximum atomic E-state index is 12.5. The van der Waals surface area contributed by atoms with Gasteiger partial charge in [0.25, 0.3) is 5.69 Å². The van der Waals surface area contributed by atoms with Crippen molar-refractivity contribution in [2.45, 2.75) is 58.2 Å². The van der Waals surface area contributed by atoms with Gasteiger partial charge in [0.05, 0.1) is 28.2 Å². The molecule has 0 bridgehead atoms. The fourth-order valence-electron chi connectivity index (χ4n) is 6.50. The fraction of sp³-hybridized carbons (Fsp3) is 0.577. The molecule has 0 amide bonds. The van der Waals surface area contributed by atoms with Crippen LogP contribution >= 0.6 is 11.6 Å². The number of fused-ring (bicyclic) bond motifs is 1. The number of nitrogens with zero attached hydrogens (tertiary/aromatic N) is 1. The van der Waals surface area contributed by atoms with Gasteiger partial charge in [-0.1, -0.05) is 43.7 Å². The molecule has 1 aliphatic heterocycles. The van der Waals surface area contributed by atoms with Crippen LogP contribution in [0, 0.1) is 32.8 Å². The van der Waals surface area contributed by atoms with Gasteiger partial charge in [-0.2, -0.15) is 0 Å². The second kappa shape index (κ2) is 9.56. The third-order valence-electron chi connectivity index (χ3n) is 8.61. The summed E-state index contributed by atoms with van der Waals surface area (Å²) in [6.07, 6.45) is 4.26. The van der Waals surface area contributed by atoms with E-state index in [-0.39, 0.29) is 46.9 Å². The van der Waals surface area contributed by atoms with Crippen molar-refractivity contribution >= 4 is 23.3 Å². The number of non-ortho nitro benzene ring substituents is 1. The molecule has 4 rings (SSSR count). The molecule has 2 N–H and O–H groups in total. The van der Waals surface area contributed by atoms with Gasteiger partial charge in [0.2, 0.25) is 0 Å². The van der Waals surface area contributed by atoms with Crippen LogP contribution in [-0.2, 0) is 9.53 Å². The van der Waals surface area contributed by atoms with Gasteiger partial charge < -0.3 is 19.7 Å². The summed E-state index contributed by atoms with van der Waals surface area (Å²) in [5.41, 5.74) is 0.592. The molecule has 1 saturated heterocycles. The number of aliphatic hydroxyl groups excluding tert-OH is 2. The number of ether oxygens (including phenoxy) is 2. The molecule has 6 atom stereocenters. The molecular weight excluding hydrogens is 474 g/mol. The fourth-order valence-corrected chi connectivity index (χ4v) is 6.72. The van der Waals surface area contributed by atoms with E-state index < -0.39 is 28.5 Å². The lowest BCUT2D eigenvalue weighted by Crippen LogP contribution is -2.57. The second-order valence-electron chi connectivity index (χ2n) is 10.5. The first-order valence-electron chi connectivity index (χ1n) is 12.0. The first-order valence-corrected chi connectivity index (χ1v) is 12.3. The van der Waals surface area contributed by atoms with Crippen LogP contribution in [0.5, 0.6) is 5.75 Å². The predicted molar refractivity (Wildman–Crippen MR) is 130 cm³/mol. The Balaban J connectivity index is 1.57. The van der Waals surface area contributed by atoms with Crippen LogP contribution in [0.1, 0.15) is 46.0 Å². The van der Waals surface area contributed by atoms with Gasteiger partial charge in [0.15, 0.2) is 6.10 Å². The number of esters is 1. The van der Waals surface area contributed by atoms with Crippen molar-refractivity contribution in [1.29, 1.82) is 0 Å². The number of carbonyl (C=O) groups excluding carboxylic acids is 1. The Morgan fingerprint density at radius 2 is 2.11 bits per heavy atom. The summed E-state index contributed by atoms with van der Waals surface area (Å²) in [4.78, 5) is 23.0. The van der Waals surface area contributed by atoms with Crippen molar-refractivity contribution in [2.75, 3.05) is 13.2 Å². The van der Waals surface area contributed by atoms with Crippen molar-refractivity contribution < 1.29 is 29.4 Å². The third kappa shape index (κ3) is 4.47. The van der Waals surface area contributed by atoms with Crippen LogP contribution in [0.15, 0.2) is 42.0 Å². The average Bonchev–Trinajstić information content (AvgIpc) is 3.16. The van der Waals surface area contributed by atoms with E-state index in [9.17, 15) is 25.1 Å². The lowest BCUT2D eigenvalue weighted by atomic mass is 9.46. The molecule has 9 heteroatoms. The van der Waals surface area contributed by atoms with Crippen molar-refractivity contribution in [3.8, 4) is 5.75 Å². The van der Waals surface area contributed by atoms with Gasteiger partial charge in [0, 0.05) is 17.5 Å². The third-order valence-corrected chi connectivity index (χ3v) is 8.91. The number of aliphatic hydroxyl groups is 2. The van der Waals surface area contributed by atoms with E-state index in [1.165, 1.54) is 18.2 Å². The van der Waals surface area contributed by atoms with E-state index in [0.29, 0.717) is 18.4 Å². The minimum Gasteiger partial charge on any atom is -0.480 e. The molecule has 35 heavy (non-hydrogen) atoms. The number of nitro groups is 1. The number of carbonyl (C=O) groups is 1. The molecule has 1 aromatic carbocycles. The molecular formula is C26H32ClNO7. The molecule has 1 heterocycles. The van der Waals surface area contributed by atoms with Gasteiger partial charge in [-0.3, -0.25) is 10.1 Å². The highest BCUT2D eigenvalue weighted by molar-refractivity contribution is 6.32.